The van der Waals surface area contributed by atoms with Crippen LogP contribution < -0.4 is 0 Å². The van der Waals surface area contributed by atoms with Gasteiger partial charge in [-0.25, -0.2) is 4.79 Å². The number of ether oxygens (including phenoxy) is 1. The molecule has 0 atom stereocenters. The second-order valence-electron chi connectivity index (χ2n) is 5.77. The minimum Gasteiger partial charge on any atom is -0.444 e. The first kappa shape index (κ1) is 14.7. The third-order valence-electron chi connectivity index (χ3n) is 2.77. The third-order valence-corrected chi connectivity index (χ3v) is 2.77. The van der Waals surface area contributed by atoms with Crippen molar-refractivity contribution >= 4 is 11.9 Å². The summed E-state index contributed by atoms with van der Waals surface area (Å²) in [5, 5.41) is 0. The molecule has 0 saturated heterocycles. The van der Waals surface area contributed by atoms with Crippen LogP contribution in [0.5, 0.6) is 0 Å². The molecule has 1 aliphatic rings. The van der Waals surface area contributed by atoms with Crippen molar-refractivity contribution in [3.63, 3.8) is 0 Å². The Morgan fingerprint density at radius 2 is 1.94 bits per heavy atom. The fourth-order valence-electron chi connectivity index (χ4n) is 2.00. The van der Waals surface area contributed by atoms with Crippen molar-refractivity contribution in [3.8, 4) is 0 Å². The quantitative estimate of drug-likeness (QED) is 0.760. The average Bonchev–Trinajstić information content (AvgIpc) is 2.20. The molecule has 0 aromatic carbocycles. The lowest BCUT2D eigenvalue weighted by atomic mass is 9.96. The van der Waals surface area contributed by atoms with E-state index >= 15 is 0 Å². The molecule has 102 valence electrons. The Bertz CT molecular complexity index is 377. The van der Waals surface area contributed by atoms with E-state index in [2.05, 4.69) is 0 Å². The van der Waals surface area contributed by atoms with Gasteiger partial charge < -0.3 is 4.74 Å². The Balaban J connectivity index is 2.75. The number of hydrogen-bond donors (Lipinski definition) is 0. The number of carbonyl (C=O) groups excluding carboxylic acids is 2. The van der Waals surface area contributed by atoms with Crippen LogP contribution in [0.15, 0.2) is 11.1 Å². The summed E-state index contributed by atoms with van der Waals surface area (Å²) >= 11 is 0. The maximum Gasteiger partial charge on any atom is 0.410 e. The van der Waals surface area contributed by atoms with Crippen LogP contribution in [0.2, 0.25) is 0 Å². The number of rotatable bonds is 2. The van der Waals surface area contributed by atoms with Crippen molar-refractivity contribution < 1.29 is 14.3 Å². The summed E-state index contributed by atoms with van der Waals surface area (Å²) < 4.78 is 5.28. The molecule has 0 aromatic rings. The van der Waals surface area contributed by atoms with E-state index in [-0.39, 0.29) is 12.3 Å². The molecule has 0 unspecified atom stereocenters. The van der Waals surface area contributed by atoms with Gasteiger partial charge in [-0.1, -0.05) is 13.3 Å². The molecule has 1 aliphatic heterocycles. The molecule has 1 heterocycles. The lowest BCUT2D eigenvalue weighted by Crippen LogP contribution is -2.44. The minimum atomic E-state index is -0.526. The van der Waals surface area contributed by atoms with E-state index in [0.29, 0.717) is 6.54 Å². The molecule has 0 saturated carbocycles. The number of amides is 1. The number of Topliss-reactive ketones (excluding diaryl/α,β-unsaturated/α-hetero) is 1. The summed E-state index contributed by atoms with van der Waals surface area (Å²) in [6, 6.07) is 0. The van der Waals surface area contributed by atoms with E-state index in [1.54, 1.807) is 0 Å². The third kappa shape index (κ3) is 3.86. The second-order valence-corrected chi connectivity index (χ2v) is 5.77. The highest BCUT2D eigenvalue weighted by atomic mass is 16.6. The van der Waals surface area contributed by atoms with Crippen LogP contribution in [0, 0.1) is 0 Å². The van der Waals surface area contributed by atoms with Crippen molar-refractivity contribution in [1.82, 2.24) is 4.90 Å². The van der Waals surface area contributed by atoms with Crippen molar-refractivity contribution in [2.45, 2.75) is 53.1 Å². The summed E-state index contributed by atoms with van der Waals surface area (Å²) in [7, 11) is 0. The second kappa shape index (κ2) is 5.55. The van der Waals surface area contributed by atoms with E-state index in [1.807, 2.05) is 34.6 Å². The van der Waals surface area contributed by atoms with Gasteiger partial charge in [0.1, 0.15) is 5.60 Å². The zero-order valence-electron chi connectivity index (χ0n) is 12.0. The van der Waals surface area contributed by atoms with E-state index < -0.39 is 11.7 Å². The van der Waals surface area contributed by atoms with Gasteiger partial charge in [0.05, 0.1) is 6.54 Å². The fourth-order valence-corrected chi connectivity index (χ4v) is 2.00. The Labute approximate surface area is 109 Å². The van der Waals surface area contributed by atoms with Gasteiger partial charge in [-0.2, -0.15) is 0 Å². The first-order valence-corrected chi connectivity index (χ1v) is 6.44. The van der Waals surface area contributed by atoms with Crippen molar-refractivity contribution in [1.29, 1.82) is 0 Å². The SMILES string of the molecule is CCCC1=C(C)CN(C(=O)OC(C)(C)C)CC1=O. The Kier molecular flexibility index (Phi) is 4.54. The van der Waals surface area contributed by atoms with Crippen LogP contribution in [-0.4, -0.2) is 35.5 Å². The molecule has 0 spiro atoms. The van der Waals surface area contributed by atoms with E-state index in [0.717, 1.165) is 24.0 Å². The van der Waals surface area contributed by atoms with Gasteiger partial charge in [0.25, 0.3) is 0 Å². The van der Waals surface area contributed by atoms with Crippen LogP contribution in [0.3, 0.4) is 0 Å². The molecule has 4 nitrogen and oxygen atoms in total. The van der Waals surface area contributed by atoms with Crippen molar-refractivity contribution in [2.24, 2.45) is 0 Å². The predicted molar refractivity (Wildman–Crippen MR) is 70.4 cm³/mol. The maximum atomic E-state index is 12.0. The highest BCUT2D eigenvalue weighted by molar-refractivity contribution is 6.00. The molecule has 18 heavy (non-hydrogen) atoms. The molecule has 0 fully saturated rings. The normalized spacial score (nSPS) is 17.2. The zero-order valence-corrected chi connectivity index (χ0v) is 12.0. The predicted octanol–water partition coefficient (Wildman–Crippen LogP) is 2.92. The van der Waals surface area contributed by atoms with E-state index in [1.165, 1.54) is 4.90 Å². The standard InChI is InChI=1S/C14H23NO3/c1-6-7-11-10(2)8-15(9-12(11)16)13(17)18-14(3,4)5/h6-9H2,1-5H3. The summed E-state index contributed by atoms with van der Waals surface area (Å²) in [4.78, 5) is 25.3. The monoisotopic (exact) mass is 253 g/mol. The van der Waals surface area contributed by atoms with Crippen LogP contribution in [-0.2, 0) is 9.53 Å². The zero-order chi connectivity index (χ0) is 13.9. The van der Waals surface area contributed by atoms with Crippen molar-refractivity contribution in [3.05, 3.63) is 11.1 Å². The molecule has 1 rings (SSSR count). The number of ketones is 1. The average molecular weight is 253 g/mol. The summed E-state index contributed by atoms with van der Waals surface area (Å²) in [5.41, 5.74) is 1.35. The van der Waals surface area contributed by atoms with Gasteiger partial charge in [-0.05, 0) is 45.3 Å². The van der Waals surface area contributed by atoms with E-state index in [4.69, 9.17) is 4.74 Å². The van der Waals surface area contributed by atoms with Crippen LogP contribution in [0.25, 0.3) is 0 Å². The number of carbonyl (C=O) groups is 2. The molecule has 0 aliphatic carbocycles. The molecule has 0 aromatic heterocycles. The van der Waals surface area contributed by atoms with Gasteiger partial charge in [-0.15, -0.1) is 0 Å². The highest BCUT2D eigenvalue weighted by Gasteiger charge is 2.29. The highest BCUT2D eigenvalue weighted by Crippen LogP contribution is 2.21. The summed E-state index contributed by atoms with van der Waals surface area (Å²) in [6.45, 7) is 10.1. The fraction of sp³-hybridized carbons (Fsp3) is 0.714. The topological polar surface area (TPSA) is 46.6 Å². The molecular weight excluding hydrogens is 230 g/mol. The lowest BCUT2D eigenvalue weighted by Gasteiger charge is -2.31. The Hall–Kier alpha value is -1.32. The van der Waals surface area contributed by atoms with Gasteiger partial charge in [0.15, 0.2) is 5.78 Å². The number of hydrogen-bond acceptors (Lipinski definition) is 3. The molecular formula is C14H23NO3. The first-order valence-electron chi connectivity index (χ1n) is 6.44. The van der Waals surface area contributed by atoms with Crippen LogP contribution in [0.4, 0.5) is 4.79 Å². The molecule has 0 bridgehead atoms. The Morgan fingerprint density at radius 3 is 2.39 bits per heavy atom. The van der Waals surface area contributed by atoms with Gasteiger partial charge in [0.2, 0.25) is 0 Å². The number of nitrogens with zero attached hydrogens (tertiary/aromatic N) is 1. The maximum absolute atomic E-state index is 12.0. The lowest BCUT2D eigenvalue weighted by molar-refractivity contribution is -0.117. The summed E-state index contributed by atoms with van der Waals surface area (Å²) in [6.07, 6.45) is 1.34. The van der Waals surface area contributed by atoms with Gasteiger partial charge in [-0.3, -0.25) is 9.69 Å². The summed E-state index contributed by atoms with van der Waals surface area (Å²) in [5.74, 6) is 0.0476. The van der Waals surface area contributed by atoms with Gasteiger partial charge >= 0.3 is 6.09 Å². The van der Waals surface area contributed by atoms with Gasteiger partial charge in [0, 0.05) is 6.54 Å². The minimum absolute atomic E-state index is 0.0476. The first-order chi connectivity index (χ1) is 8.24. The Morgan fingerprint density at radius 1 is 1.33 bits per heavy atom. The molecule has 4 heteroatoms. The molecule has 1 amide bonds. The smallest absolute Gasteiger partial charge is 0.410 e. The van der Waals surface area contributed by atoms with E-state index in [9.17, 15) is 9.59 Å². The van der Waals surface area contributed by atoms with Crippen LogP contribution >= 0.6 is 0 Å². The largest absolute Gasteiger partial charge is 0.444 e. The molecule has 0 radical (unpaired) electrons. The van der Waals surface area contributed by atoms with Crippen molar-refractivity contribution in [2.75, 3.05) is 13.1 Å². The van der Waals surface area contributed by atoms with Crippen LogP contribution in [0.1, 0.15) is 47.5 Å². The molecule has 0 N–H and O–H groups in total.